The van der Waals surface area contributed by atoms with E-state index in [0.717, 1.165) is 10.6 Å². The number of nitrogens with zero attached hydrogens (tertiary/aromatic N) is 2. The first-order valence-electron chi connectivity index (χ1n) is 7.63. The van der Waals surface area contributed by atoms with Crippen LogP contribution >= 0.6 is 11.6 Å². The van der Waals surface area contributed by atoms with Crippen molar-refractivity contribution in [2.75, 3.05) is 18.7 Å². The van der Waals surface area contributed by atoms with Gasteiger partial charge in [-0.2, -0.15) is 0 Å². The van der Waals surface area contributed by atoms with Crippen LogP contribution in [0.4, 0.5) is 5.69 Å². The van der Waals surface area contributed by atoms with Gasteiger partial charge in [0.15, 0.2) is 6.10 Å². The minimum absolute atomic E-state index is 0.0308. The standard InChI is InChI=1S/C16H19ClN2O4/c1-18-15(21)12-13(11(17)8-5-9-20)19(23-14(12)16(18)22)10-6-3-2-4-7-10/h2-4,6-7,11-14,20H,5,8-9H2,1H3/t11?,12-,13-,14+/m0/s1. The lowest BCUT2D eigenvalue weighted by molar-refractivity contribution is -0.141. The Labute approximate surface area is 139 Å². The molecule has 2 aliphatic rings. The molecule has 2 heterocycles. The predicted octanol–water partition coefficient (Wildman–Crippen LogP) is 1.17. The minimum atomic E-state index is -0.826. The van der Waals surface area contributed by atoms with Crippen LogP contribution in [0.25, 0.3) is 0 Å². The number of para-hydroxylation sites is 1. The molecule has 6 nitrogen and oxygen atoms in total. The number of rotatable bonds is 5. The number of likely N-dealkylation sites (tertiary alicyclic amines) is 1. The second-order valence-corrected chi connectivity index (χ2v) is 6.38. The van der Waals surface area contributed by atoms with Crippen LogP contribution in [-0.4, -0.2) is 53.0 Å². The number of alkyl halides is 1. The van der Waals surface area contributed by atoms with E-state index in [4.69, 9.17) is 21.5 Å². The quantitative estimate of drug-likeness (QED) is 0.644. The number of imide groups is 1. The first kappa shape index (κ1) is 16.2. The fraction of sp³-hybridized carbons (Fsp3) is 0.500. The molecule has 1 aromatic carbocycles. The lowest BCUT2D eigenvalue weighted by Gasteiger charge is -2.30. The normalized spacial score (nSPS) is 28.4. The largest absolute Gasteiger partial charge is 0.396 e. The molecular weight excluding hydrogens is 320 g/mol. The zero-order chi connectivity index (χ0) is 16.6. The van der Waals surface area contributed by atoms with Gasteiger partial charge in [-0.15, -0.1) is 11.6 Å². The van der Waals surface area contributed by atoms with Crippen molar-refractivity contribution >= 4 is 29.1 Å². The molecule has 4 atom stereocenters. The second-order valence-electron chi connectivity index (χ2n) is 5.82. The zero-order valence-corrected chi connectivity index (χ0v) is 13.5. The molecule has 0 spiro atoms. The third-order valence-electron chi connectivity index (χ3n) is 4.40. The number of likely N-dealkylation sites (N-methyl/N-ethyl adjacent to an activating group) is 1. The van der Waals surface area contributed by atoms with E-state index in [1.165, 1.54) is 7.05 Å². The molecule has 0 radical (unpaired) electrons. The number of carbonyl (C=O) groups excluding carboxylic acids is 2. The molecule has 1 aromatic rings. The van der Waals surface area contributed by atoms with Crippen molar-refractivity contribution in [3.63, 3.8) is 0 Å². The van der Waals surface area contributed by atoms with Crippen molar-refractivity contribution in [3.8, 4) is 0 Å². The van der Waals surface area contributed by atoms with Gasteiger partial charge in [0.05, 0.1) is 17.1 Å². The average molecular weight is 339 g/mol. The fourth-order valence-electron chi connectivity index (χ4n) is 3.22. The van der Waals surface area contributed by atoms with Crippen molar-refractivity contribution < 1.29 is 19.5 Å². The lowest BCUT2D eigenvalue weighted by atomic mass is 9.92. The van der Waals surface area contributed by atoms with Crippen molar-refractivity contribution in [1.82, 2.24) is 4.90 Å². The zero-order valence-electron chi connectivity index (χ0n) is 12.8. The number of hydroxylamine groups is 1. The highest BCUT2D eigenvalue weighted by Crippen LogP contribution is 2.41. The third-order valence-corrected chi connectivity index (χ3v) is 4.88. The van der Waals surface area contributed by atoms with Gasteiger partial charge in [-0.25, -0.2) is 5.06 Å². The van der Waals surface area contributed by atoms with Gasteiger partial charge >= 0.3 is 0 Å². The molecule has 2 aliphatic heterocycles. The summed E-state index contributed by atoms with van der Waals surface area (Å²) in [4.78, 5) is 31.6. The van der Waals surface area contributed by atoms with E-state index in [0.29, 0.717) is 12.8 Å². The van der Waals surface area contributed by atoms with Crippen LogP contribution in [0.2, 0.25) is 0 Å². The molecule has 2 saturated heterocycles. The first-order valence-corrected chi connectivity index (χ1v) is 8.07. The van der Waals surface area contributed by atoms with Gasteiger partial charge in [-0.05, 0) is 25.0 Å². The van der Waals surface area contributed by atoms with Gasteiger partial charge in [-0.3, -0.25) is 19.3 Å². The summed E-state index contributed by atoms with van der Waals surface area (Å²) in [7, 11) is 1.47. The summed E-state index contributed by atoms with van der Waals surface area (Å²) in [5.74, 6) is -1.22. The second kappa shape index (κ2) is 6.47. The molecule has 0 aliphatic carbocycles. The molecule has 0 saturated carbocycles. The van der Waals surface area contributed by atoms with Crippen LogP contribution in [0.3, 0.4) is 0 Å². The number of benzene rings is 1. The summed E-state index contributed by atoms with van der Waals surface area (Å²) in [6.07, 6.45) is 0.236. The number of anilines is 1. The molecule has 2 fully saturated rings. The molecule has 0 bridgehead atoms. The van der Waals surface area contributed by atoms with Crippen molar-refractivity contribution in [2.24, 2.45) is 5.92 Å². The van der Waals surface area contributed by atoms with Gasteiger partial charge in [0.25, 0.3) is 5.91 Å². The summed E-state index contributed by atoms with van der Waals surface area (Å²) < 4.78 is 0. The van der Waals surface area contributed by atoms with E-state index in [1.807, 2.05) is 30.3 Å². The van der Waals surface area contributed by atoms with Gasteiger partial charge in [0.2, 0.25) is 5.91 Å². The average Bonchev–Trinajstić information content (AvgIpc) is 3.06. The summed E-state index contributed by atoms with van der Waals surface area (Å²) >= 11 is 6.52. The summed E-state index contributed by atoms with van der Waals surface area (Å²) in [5, 5.41) is 10.2. The monoisotopic (exact) mass is 338 g/mol. The summed E-state index contributed by atoms with van der Waals surface area (Å²) in [6.45, 7) is 0.0308. The Morgan fingerprint density at radius 3 is 2.61 bits per heavy atom. The maximum Gasteiger partial charge on any atom is 0.261 e. The van der Waals surface area contributed by atoms with Crippen LogP contribution < -0.4 is 5.06 Å². The maximum absolute atomic E-state index is 12.5. The number of fused-ring (bicyclic) bond motifs is 1. The maximum atomic E-state index is 12.5. The molecular formula is C16H19ClN2O4. The Morgan fingerprint density at radius 1 is 1.26 bits per heavy atom. The Balaban J connectivity index is 1.94. The molecule has 1 unspecified atom stereocenters. The predicted molar refractivity (Wildman–Crippen MR) is 84.8 cm³/mol. The van der Waals surface area contributed by atoms with E-state index in [-0.39, 0.29) is 18.4 Å². The number of hydrogen-bond donors (Lipinski definition) is 1. The van der Waals surface area contributed by atoms with Crippen molar-refractivity contribution in [3.05, 3.63) is 30.3 Å². The summed E-state index contributed by atoms with van der Waals surface area (Å²) in [6, 6.07) is 8.85. The molecule has 124 valence electrons. The van der Waals surface area contributed by atoms with Crippen LogP contribution in [0.1, 0.15) is 12.8 Å². The number of aliphatic hydroxyl groups is 1. The van der Waals surface area contributed by atoms with E-state index >= 15 is 0 Å². The third kappa shape index (κ3) is 2.71. The summed E-state index contributed by atoms with van der Waals surface area (Å²) in [5.41, 5.74) is 0.754. The molecule has 3 rings (SSSR count). The molecule has 7 heteroatoms. The van der Waals surface area contributed by atoms with Gasteiger partial charge in [0, 0.05) is 13.7 Å². The van der Waals surface area contributed by atoms with Crippen molar-refractivity contribution in [2.45, 2.75) is 30.4 Å². The van der Waals surface area contributed by atoms with Gasteiger partial charge < -0.3 is 5.11 Å². The molecule has 2 amide bonds. The Kier molecular flexibility index (Phi) is 4.57. The van der Waals surface area contributed by atoms with Crippen molar-refractivity contribution in [1.29, 1.82) is 0 Å². The number of carbonyl (C=O) groups is 2. The SMILES string of the molecule is CN1C(=O)[C@@H]2[C@@H](ON(c3ccccc3)[C@H]2C(Cl)CCCO)C1=O. The molecule has 23 heavy (non-hydrogen) atoms. The topological polar surface area (TPSA) is 70.1 Å². The van der Waals surface area contributed by atoms with Crippen LogP contribution in [0, 0.1) is 5.92 Å². The van der Waals surface area contributed by atoms with E-state index in [9.17, 15) is 9.59 Å². The van der Waals surface area contributed by atoms with E-state index < -0.39 is 23.4 Å². The lowest BCUT2D eigenvalue weighted by Crippen LogP contribution is -2.44. The Morgan fingerprint density at radius 2 is 1.96 bits per heavy atom. The first-order chi connectivity index (χ1) is 11.1. The van der Waals surface area contributed by atoms with Crippen LogP contribution in [0.5, 0.6) is 0 Å². The van der Waals surface area contributed by atoms with Gasteiger partial charge in [-0.1, -0.05) is 18.2 Å². The Hall–Kier alpha value is -1.63. The Bertz CT molecular complexity index is 597. The van der Waals surface area contributed by atoms with Crippen LogP contribution in [0.15, 0.2) is 30.3 Å². The number of halogens is 1. The number of hydrogen-bond acceptors (Lipinski definition) is 5. The highest BCUT2D eigenvalue weighted by molar-refractivity contribution is 6.22. The highest BCUT2D eigenvalue weighted by Gasteiger charge is 2.59. The molecule has 1 N–H and O–H groups in total. The number of amides is 2. The van der Waals surface area contributed by atoms with Crippen LogP contribution in [-0.2, 0) is 14.4 Å². The van der Waals surface area contributed by atoms with E-state index in [2.05, 4.69) is 0 Å². The fourth-order valence-corrected chi connectivity index (χ4v) is 3.63. The highest BCUT2D eigenvalue weighted by atomic mass is 35.5. The number of aliphatic hydroxyl groups excluding tert-OH is 1. The van der Waals surface area contributed by atoms with E-state index in [1.54, 1.807) is 5.06 Å². The molecule has 0 aromatic heterocycles. The minimum Gasteiger partial charge on any atom is -0.396 e. The van der Waals surface area contributed by atoms with Gasteiger partial charge in [0.1, 0.15) is 5.92 Å². The smallest absolute Gasteiger partial charge is 0.261 e.